The molecule has 0 radical (unpaired) electrons. The third kappa shape index (κ3) is 3.31. The van der Waals surface area contributed by atoms with Crippen LogP contribution in [0.1, 0.15) is 19.8 Å². The summed E-state index contributed by atoms with van der Waals surface area (Å²) in [4.78, 5) is 0.326. The number of nitrogens with zero attached hydrogens (tertiary/aromatic N) is 1. The Kier molecular flexibility index (Phi) is 5.01. The van der Waals surface area contributed by atoms with Crippen LogP contribution >= 0.6 is 0 Å². The van der Waals surface area contributed by atoms with Gasteiger partial charge in [0, 0.05) is 13.1 Å². The number of hydrogen-bond acceptors (Lipinski definition) is 4. The van der Waals surface area contributed by atoms with Crippen LogP contribution in [-0.4, -0.2) is 39.0 Å². The minimum absolute atomic E-state index is 0.326. The van der Waals surface area contributed by atoms with E-state index in [1.165, 1.54) is 0 Å². The van der Waals surface area contributed by atoms with Gasteiger partial charge in [-0.05, 0) is 56.5 Å². The summed E-state index contributed by atoms with van der Waals surface area (Å²) in [5.74, 6) is 1.13. The molecule has 2 N–H and O–H groups in total. The molecular formula is C14H22N2O3S. The Balaban J connectivity index is 2.10. The van der Waals surface area contributed by atoms with Gasteiger partial charge in [-0.1, -0.05) is 0 Å². The van der Waals surface area contributed by atoms with Gasteiger partial charge in [0.25, 0.3) is 0 Å². The smallest absolute Gasteiger partial charge is 0.243 e. The van der Waals surface area contributed by atoms with E-state index in [1.807, 2.05) is 6.92 Å². The number of hydrogen-bond donors (Lipinski definition) is 1. The van der Waals surface area contributed by atoms with Crippen LogP contribution in [0.3, 0.4) is 0 Å². The minimum atomic E-state index is -3.39. The van der Waals surface area contributed by atoms with Crippen molar-refractivity contribution in [3.8, 4) is 5.75 Å². The maximum absolute atomic E-state index is 12.5. The number of piperidine rings is 1. The summed E-state index contributed by atoms with van der Waals surface area (Å²) in [5.41, 5.74) is 5.63. The molecule has 0 atom stereocenters. The molecule has 6 heteroatoms. The maximum atomic E-state index is 12.5. The van der Waals surface area contributed by atoms with E-state index in [2.05, 4.69) is 0 Å². The van der Waals surface area contributed by atoms with Crippen molar-refractivity contribution in [1.82, 2.24) is 4.31 Å². The molecule has 1 aliphatic rings. The van der Waals surface area contributed by atoms with Crippen LogP contribution in [0.2, 0.25) is 0 Å². The Morgan fingerprint density at radius 2 is 1.85 bits per heavy atom. The molecule has 1 aromatic rings. The predicted molar refractivity (Wildman–Crippen MR) is 78.1 cm³/mol. The summed E-state index contributed by atoms with van der Waals surface area (Å²) in [7, 11) is -3.39. The highest BCUT2D eigenvalue weighted by Crippen LogP contribution is 2.24. The second-order valence-corrected chi connectivity index (χ2v) is 6.93. The average molecular weight is 298 g/mol. The van der Waals surface area contributed by atoms with E-state index in [4.69, 9.17) is 10.5 Å². The molecule has 0 unspecified atom stereocenters. The van der Waals surface area contributed by atoms with Crippen molar-refractivity contribution in [2.24, 2.45) is 11.7 Å². The summed E-state index contributed by atoms with van der Waals surface area (Å²) < 4.78 is 31.9. The van der Waals surface area contributed by atoms with Gasteiger partial charge in [0.05, 0.1) is 11.5 Å². The first-order chi connectivity index (χ1) is 9.57. The number of rotatable bonds is 5. The first kappa shape index (κ1) is 15.3. The Labute approximate surface area is 120 Å². The zero-order valence-corrected chi connectivity index (χ0v) is 12.6. The highest BCUT2D eigenvalue weighted by molar-refractivity contribution is 7.89. The Morgan fingerprint density at radius 1 is 1.25 bits per heavy atom. The lowest BCUT2D eigenvalue weighted by Gasteiger charge is -2.30. The van der Waals surface area contributed by atoms with Crippen LogP contribution in [0.5, 0.6) is 5.75 Å². The van der Waals surface area contributed by atoms with Crippen LogP contribution in [0.15, 0.2) is 29.2 Å². The molecule has 2 rings (SSSR count). The zero-order chi connectivity index (χ0) is 14.6. The molecule has 1 aliphatic heterocycles. The molecule has 0 aliphatic carbocycles. The summed E-state index contributed by atoms with van der Waals surface area (Å²) in [6, 6.07) is 6.61. The second kappa shape index (κ2) is 6.56. The van der Waals surface area contributed by atoms with E-state index in [0.29, 0.717) is 42.8 Å². The third-order valence-corrected chi connectivity index (χ3v) is 5.59. The van der Waals surface area contributed by atoms with E-state index in [-0.39, 0.29) is 0 Å². The third-order valence-electron chi connectivity index (χ3n) is 3.68. The lowest BCUT2D eigenvalue weighted by Crippen LogP contribution is -2.39. The molecule has 0 amide bonds. The first-order valence-corrected chi connectivity index (χ1v) is 8.45. The van der Waals surface area contributed by atoms with Crippen molar-refractivity contribution < 1.29 is 13.2 Å². The summed E-state index contributed by atoms with van der Waals surface area (Å²) in [6.07, 6.45) is 1.68. The molecule has 1 fully saturated rings. The zero-order valence-electron chi connectivity index (χ0n) is 11.8. The monoisotopic (exact) mass is 298 g/mol. The van der Waals surface area contributed by atoms with Crippen LogP contribution in [0, 0.1) is 5.92 Å². The summed E-state index contributed by atoms with van der Waals surface area (Å²) >= 11 is 0. The standard InChI is InChI=1S/C14H22N2O3S/c1-2-19-13-3-5-14(6-4-13)20(17,18)16-9-7-12(11-15)8-10-16/h3-6,12H,2,7-11,15H2,1H3. The fraction of sp³-hybridized carbons (Fsp3) is 0.571. The fourth-order valence-electron chi connectivity index (χ4n) is 2.41. The molecule has 0 saturated carbocycles. The molecule has 0 spiro atoms. The minimum Gasteiger partial charge on any atom is -0.494 e. The lowest BCUT2D eigenvalue weighted by molar-refractivity contribution is 0.278. The van der Waals surface area contributed by atoms with Gasteiger partial charge >= 0.3 is 0 Å². The molecule has 5 nitrogen and oxygen atoms in total. The van der Waals surface area contributed by atoms with Gasteiger partial charge in [-0.3, -0.25) is 0 Å². The largest absolute Gasteiger partial charge is 0.494 e. The van der Waals surface area contributed by atoms with Crippen molar-refractivity contribution in [2.75, 3.05) is 26.2 Å². The number of sulfonamides is 1. The maximum Gasteiger partial charge on any atom is 0.243 e. The SMILES string of the molecule is CCOc1ccc(S(=O)(=O)N2CCC(CN)CC2)cc1. The number of nitrogens with two attached hydrogens (primary N) is 1. The van der Waals surface area contributed by atoms with Crippen molar-refractivity contribution in [3.63, 3.8) is 0 Å². The summed E-state index contributed by atoms with van der Waals surface area (Å²) in [5, 5.41) is 0. The van der Waals surface area contributed by atoms with Crippen molar-refractivity contribution in [3.05, 3.63) is 24.3 Å². The van der Waals surface area contributed by atoms with Gasteiger partial charge in [0.1, 0.15) is 5.75 Å². The Bertz CT molecular complexity index is 520. The highest BCUT2D eigenvalue weighted by atomic mass is 32.2. The van der Waals surface area contributed by atoms with Crippen molar-refractivity contribution in [2.45, 2.75) is 24.7 Å². The predicted octanol–water partition coefficient (Wildman–Crippen LogP) is 1.44. The van der Waals surface area contributed by atoms with E-state index < -0.39 is 10.0 Å². The normalized spacial score (nSPS) is 18.1. The molecule has 20 heavy (non-hydrogen) atoms. The lowest BCUT2D eigenvalue weighted by atomic mass is 9.99. The fourth-order valence-corrected chi connectivity index (χ4v) is 3.88. The van der Waals surface area contributed by atoms with Gasteiger partial charge in [0.2, 0.25) is 10.0 Å². The second-order valence-electron chi connectivity index (χ2n) is 4.99. The van der Waals surface area contributed by atoms with E-state index in [1.54, 1.807) is 28.6 Å². The van der Waals surface area contributed by atoms with E-state index >= 15 is 0 Å². The molecule has 112 valence electrons. The molecule has 1 heterocycles. The summed E-state index contributed by atoms with van der Waals surface area (Å²) in [6.45, 7) is 4.21. The van der Waals surface area contributed by atoms with Gasteiger partial charge < -0.3 is 10.5 Å². The molecule has 0 aromatic heterocycles. The van der Waals surface area contributed by atoms with Crippen LogP contribution < -0.4 is 10.5 Å². The first-order valence-electron chi connectivity index (χ1n) is 7.01. The Morgan fingerprint density at radius 3 is 2.35 bits per heavy atom. The highest BCUT2D eigenvalue weighted by Gasteiger charge is 2.28. The molecule has 1 saturated heterocycles. The quantitative estimate of drug-likeness (QED) is 0.893. The molecule has 1 aromatic carbocycles. The number of ether oxygens (including phenoxy) is 1. The Hall–Kier alpha value is -1.11. The van der Waals surface area contributed by atoms with Gasteiger partial charge in [-0.2, -0.15) is 4.31 Å². The van der Waals surface area contributed by atoms with Gasteiger partial charge in [-0.15, -0.1) is 0 Å². The van der Waals surface area contributed by atoms with Crippen LogP contribution in [0.25, 0.3) is 0 Å². The van der Waals surface area contributed by atoms with Gasteiger partial charge in [0.15, 0.2) is 0 Å². The van der Waals surface area contributed by atoms with Crippen molar-refractivity contribution >= 4 is 10.0 Å². The van der Waals surface area contributed by atoms with Crippen LogP contribution in [0.4, 0.5) is 0 Å². The average Bonchev–Trinajstić information content (AvgIpc) is 2.48. The van der Waals surface area contributed by atoms with E-state index in [9.17, 15) is 8.42 Å². The topological polar surface area (TPSA) is 72.6 Å². The van der Waals surface area contributed by atoms with Crippen LogP contribution in [-0.2, 0) is 10.0 Å². The van der Waals surface area contributed by atoms with E-state index in [0.717, 1.165) is 12.8 Å². The number of benzene rings is 1. The van der Waals surface area contributed by atoms with Crippen molar-refractivity contribution in [1.29, 1.82) is 0 Å². The van der Waals surface area contributed by atoms with Gasteiger partial charge in [-0.25, -0.2) is 8.42 Å². The molecule has 0 bridgehead atoms. The molecular weight excluding hydrogens is 276 g/mol.